The Hall–Kier alpha value is -1.90. The van der Waals surface area contributed by atoms with Crippen LogP contribution < -0.4 is 0 Å². The zero-order chi connectivity index (χ0) is 17.1. The van der Waals surface area contributed by atoms with E-state index in [1.807, 2.05) is 19.1 Å². The lowest BCUT2D eigenvalue weighted by Crippen LogP contribution is -2.33. The van der Waals surface area contributed by atoms with E-state index in [0.29, 0.717) is 0 Å². The Morgan fingerprint density at radius 2 is 1.91 bits per heavy atom. The molecule has 1 aromatic carbocycles. The van der Waals surface area contributed by atoms with E-state index in [1.54, 1.807) is 0 Å². The van der Waals surface area contributed by atoms with Crippen molar-refractivity contribution in [1.82, 2.24) is 0 Å². The van der Waals surface area contributed by atoms with Crippen LogP contribution in [0.2, 0.25) is 0 Å². The molecule has 0 aliphatic heterocycles. The number of hydrogen-bond donors (Lipinski definition) is 0. The van der Waals surface area contributed by atoms with Crippen LogP contribution in [0.4, 0.5) is 9.18 Å². The predicted molar refractivity (Wildman–Crippen MR) is 91.3 cm³/mol. The summed E-state index contributed by atoms with van der Waals surface area (Å²) in [6.45, 7) is 8.45. The van der Waals surface area contributed by atoms with Gasteiger partial charge in [0.25, 0.3) is 0 Å². The first-order valence-electron chi connectivity index (χ1n) is 8.00. The summed E-state index contributed by atoms with van der Waals surface area (Å²) >= 11 is 0. The van der Waals surface area contributed by atoms with Crippen LogP contribution >= 0.6 is 0 Å². The van der Waals surface area contributed by atoms with Crippen molar-refractivity contribution in [3.63, 3.8) is 0 Å². The highest BCUT2D eigenvalue weighted by Gasteiger charge is 2.36. The molecule has 3 heteroatoms. The molecule has 2 nitrogen and oxygen atoms in total. The fourth-order valence-electron chi connectivity index (χ4n) is 3.68. The van der Waals surface area contributed by atoms with Crippen molar-refractivity contribution >= 4 is 6.22 Å². The number of aryl methyl sites for hydroxylation is 2. The van der Waals surface area contributed by atoms with Crippen LogP contribution in [0, 0.1) is 19.3 Å². The number of halogens is 1. The second kappa shape index (κ2) is 6.69. The SMILES string of the molecule is Cc1ccc(C2(C)C=CCC=CC(C)(COC(=O)F)C2)c(C)c1. The largest absolute Gasteiger partial charge is 0.495 e. The van der Waals surface area contributed by atoms with Gasteiger partial charge >= 0.3 is 6.22 Å². The van der Waals surface area contributed by atoms with E-state index in [2.05, 4.69) is 55.9 Å². The van der Waals surface area contributed by atoms with Crippen molar-refractivity contribution in [2.24, 2.45) is 5.41 Å². The minimum absolute atomic E-state index is 0.0488. The summed E-state index contributed by atoms with van der Waals surface area (Å²) in [5.41, 5.74) is 3.14. The van der Waals surface area contributed by atoms with E-state index < -0.39 is 11.6 Å². The molecule has 0 heterocycles. The third-order valence-electron chi connectivity index (χ3n) is 4.56. The van der Waals surface area contributed by atoms with Crippen molar-refractivity contribution in [2.75, 3.05) is 6.61 Å². The highest BCUT2D eigenvalue weighted by Crippen LogP contribution is 2.42. The van der Waals surface area contributed by atoms with Crippen LogP contribution in [0.3, 0.4) is 0 Å². The molecule has 0 radical (unpaired) electrons. The average molecular weight is 316 g/mol. The Bertz CT molecular complexity index is 647. The number of benzene rings is 1. The lowest BCUT2D eigenvalue weighted by atomic mass is 9.67. The summed E-state index contributed by atoms with van der Waals surface area (Å²) in [6, 6.07) is 6.47. The Balaban J connectivity index is 2.38. The second-order valence-corrected chi connectivity index (χ2v) is 7.13. The number of ether oxygens (including phenoxy) is 1. The van der Waals surface area contributed by atoms with Gasteiger partial charge in [0.1, 0.15) is 6.61 Å². The van der Waals surface area contributed by atoms with Gasteiger partial charge in [0, 0.05) is 10.8 Å². The molecule has 2 unspecified atom stereocenters. The van der Waals surface area contributed by atoms with Gasteiger partial charge in [-0.15, -0.1) is 4.39 Å². The molecule has 0 saturated carbocycles. The second-order valence-electron chi connectivity index (χ2n) is 7.13. The summed E-state index contributed by atoms with van der Waals surface area (Å²) in [7, 11) is 0. The molecule has 0 amide bonds. The summed E-state index contributed by atoms with van der Waals surface area (Å²) in [5.74, 6) is 0. The molecular formula is C20H25FO2. The molecule has 23 heavy (non-hydrogen) atoms. The van der Waals surface area contributed by atoms with Gasteiger partial charge in [0.2, 0.25) is 0 Å². The molecule has 0 N–H and O–H groups in total. The van der Waals surface area contributed by atoms with Crippen LogP contribution in [0.25, 0.3) is 0 Å². The van der Waals surface area contributed by atoms with E-state index >= 15 is 0 Å². The molecule has 1 aliphatic rings. The zero-order valence-electron chi connectivity index (χ0n) is 14.4. The van der Waals surface area contributed by atoms with E-state index in [4.69, 9.17) is 0 Å². The Kier molecular flexibility index (Phi) is 5.08. The zero-order valence-corrected chi connectivity index (χ0v) is 14.4. The maximum absolute atomic E-state index is 12.5. The van der Waals surface area contributed by atoms with Gasteiger partial charge in [-0.3, -0.25) is 0 Å². The van der Waals surface area contributed by atoms with Crippen LogP contribution in [-0.4, -0.2) is 12.8 Å². The van der Waals surface area contributed by atoms with Gasteiger partial charge in [0.15, 0.2) is 0 Å². The third-order valence-corrected chi connectivity index (χ3v) is 4.56. The lowest BCUT2D eigenvalue weighted by Gasteiger charge is -2.38. The van der Waals surface area contributed by atoms with Crippen molar-refractivity contribution < 1.29 is 13.9 Å². The predicted octanol–water partition coefficient (Wildman–Crippen LogP) is 5.58. The van der Waals surface area contributed by atoms with Crippen molar-refractivity contribution in [3.8, 4) is 0 Å². The van der Waals surface area contributed by atoms with E-state index in [-0.39, 0.29) is 12.0 Å². The molecule has 1 aromatic rings. The fourth-order valence-corrected chi connectivity index (χ4v) is 3.68. The fraction of sp³-hybridized carbons (Fsp3) is 0.450. The molecule has 0 aromatic heterocycles. The van der Waals surface area contributed by atoms with Crippen LogP contribution in [0.5, 0.6) is 0 Å². The van der Waals surface area contributed by atoms with Crippen molar-refractivity contribution in [2.45, 2.75) is 46.0 Å². The minimum atomic E-state index is -1.72. The number of hydrogen-bond acceptors (Lipinski definition) is 2. The quantitative estimate of drug-likeness (QED) is 0.537. The van der Waals surface area contributed by atoms with Crippen molar-refractivity contribution in [3.05, 3.63) is 59.2 Å². The van der Waals surface area contributed by atoms with Crippen LogP contribution in [0.1, 0.15) is 43.4 Å². The molecular weight excluding hydrogens is 291 g/mol. The maximum atomic E-state index is 12.5. The maximum Gasteiger partial charge on any atom is 0.495 e. The molecule has 0 saturated heterocycles. The highest BCUT2D eigenvalue weighted by molar-refractivity contribution is 5.58. The normalized spacial score (nSPS) is 27.3. The standard InChI is InChI=1S/C20H25FO2/c1-15-8-9-17(16(2)12-15)20(4)11-7-5-6-10-19(3,13-20)14-23-18(21)22/h6-12H,5,13-14H2,1-4H3. The lowest BCUT2D eigenvalue weighted by molar-refractivity contribution is 0.0801. The Morgan fingerprint density at radius 1 is 1.22 bits per heavy atom. The first-order chi connectivity index (χ1) is 10.7. The van der Waals surface area contributed by atoms with Gasteiger partial charge in [-0.05, 0) is 37.8 Å². The molecule has 1 aliphatic carbocycles. The van der Waals surface area contributed by atoms with Gasteiger partial charge < -0.3 is 4.74 Å². The van der Waals surface area contributed by atoms with E-state index in [9.17, 15) is 9.18 Å². The summed E-state index contributed by atoms with van der Waals surface area (Å²) in [6.07, 6.45) is 8.32. The number of rotatable bonds is 3. The monoisotopic (exact) mass is 316 g/mol. The minimum Gasteiger partial charge on any atom is -0.439 e. The molecule has 0 spiro atoms. The smallest absolute Gasteiger partial charge is 0.439 e. The summed E-state index contributed by atoms with van der Waals surface area (Å²) in [4.78, 5) is 10.6. The molecule has 2 rings (SSSR count). The average Bonchev–Trinajstić information content (AvgIpc) is 2.43. The van der Waals surface area contributed by atoms with Crippen LogP contribution in [0.15, 0.2) is 42.5 Å². The summed E-state index contributed by atoms with van der Waals surface area (Å²) < 4.78 is 17.2. The van der Waals surface area contributed by atoms with Crippen LogP contribution in [-0.2, 0) is 10.2 Å². The number of allylic oxidation sites excluding steroid dienone is 3. The van der Waals surface area contributed by atoms with Gasteiger partial charge in [-0.25, -0.2) is 4.79 Å². The summed E-state index contributed by atoms with van der Waals surface area (Å²) in [5, 5.41) is 0. The number of carbonyl (C=O) groups excluding carboxylic acids is 1. The number of carbonyl (C=O) groups is 1. The van der Waals surface area contributed by atoms with Gasteiger partial charge in [0.05, 0.1) is 0 Å². The highest BCUT2D eigenvalue weighted by atomic mass is 19.1. The van der Waals surface area contributed by atoms with Gasteiger partial charge in [-0.2, -0.15) is 0 Å². The van der Waals surface area contributed by atoms with E-state index in [1.165, 1.54) is 16.7 Å². The van der Waals surface area contributed by atoms with Crippen molar-refractivity contribution in [1.29, 1.82) is 0 Å². The third kappa shape index (κ3) is 4.31. The topological polar surface area (TPSA) is 26.3 Å². The first-order valence-corrected chi connectivity index (χ1v) is 8.00. The Labute approximate surface area is 138 Å². The first kappa shape index (κ1) is 17.5. The van der Waals surface area contributed by atoms with E-state index in [0.717, 1.165) is 12.8 Å². The molecule has 0 bridgehead atoms. The van der Waals surface area contributed by atoms with Gasteiger partial charge in [-0.1, -0.05) is 61.9 Å². The molecule has 0 fully saturated rings. The Morgan fingerprint density at radius 3 is 2.57 bits per heavy atom. The molecule has 2 atom stereocenters. The molecule has 124 valence electrons.